The molecular weight excluding hydrogens is 388 g/mol. The number of hydrogen-bond donors (Lipinski definition) is 3. The second kappa shape index (κ2) is 7.52. The molecule has 2 aromatic rings. The zero-order valence-electron chi connectivity index (χ0n) is 15.8. The normalized spacial score (nSPS) is 18.6. The predicted octanol–water partition coefficient (Wildman–Crippen LogP) is 2.74. The van der Waals surface area contributed by atoms with Crippen LogP contribution in [-0.2, 0) is 4.79 Å². The van der Waals surface area contributed by atoms with Crippen LogP contribution in [-0.4, -0.2) is 53.0 Å². The molecule has 1 amide bonds. The molecule has 1 saturated heterocycles. The van der Waals surface area contributed by atoms with Crippen molar-refractivity contribution in [1.82, 2.24) is 20.4 Å². The van der Waals surface area contributed by atoms with Gasteiger partial charge in [-0.05, 0) is 42.7 Å². The number of benzene rings is 1. The van der Waals surface area contributed by atoms with Crippen LogP contribution in [0.15, 0.2) is 40.7 Å². The number of aliphatic imine (C=N–C) groups is 1. The van der Waals surface area contributed by atoms with Gasteiger partial charge in [0, 0.05) is 54.4 Å². The van der Waals surface area contributed by atoms with Gasteiger partial charge >= 0.3 is 0 Å². The van der Waals surface area contributed by atoms with Crippen LogP contribution < -0.4 is 10.6 Å². The lowest BCUT2D eigenvalue weighted by Crippen LogP contribution is -2.46. The molecule has 2 aliphatic heterocycles. The van der Waals surface area contributed by atoms with Crippen LogP contribution in [0.3, 0.4) is 0 Å². The summed E-state index contributed by atoms with van der Waals surface area (Å²) < 4.78 is 0. The lowest BCUT2D eigenvalue weighted by atomic mass is 10.1. The minimum Gasteiger partial charge on any atom is -0.334 e. The van der Waals surface area contributed by atoms with E-state index in [-0.39, 0.29) is 11.6 Å². The maximum absolute atomic E-state index is 13.0. The van der Waals surface area contributed by atoms with Crippen molar-refractivity contribution < 1.29 is 4.79 Å². The van der Waals surface area contributed by atoms with Gasteiger partial charge in [0.1, 0.15) is 5.84 Å². The van der Waals surface area contributed by atoms with Crippen molar-refractivity contribution in [3.8, 4) is 0 Å². The molecule has 1 aliphatic carbocycles. The van der Waals surface area contributed by atoms with E-state index in [1.54, 1.807) is 11.0 Å². The number of carbonyl (C=O) groups is 1. The van der Waals surface area contributed by atoms with Gasteiger partial charge in [0.15, 0.2) is 11.5 Å². The van der Waals surface area contributed by atoms with Gasteiger partial charge in [0.05, 0.1) is 0 Å². The van der Waals surface area contributed by atoms with Gasteiger partial charge in [-0.1, -0.05) is 17.3 Å². The maximum atomic E-state index is 13.0. The van der Waals surface area contributed by atoms with Crippen LogP contribution in [0, 0.1) is 0 Å². The Morgan fingerprint density at radius 3 is 2.86 bits per heavy atom. The molecule has 1 aromatic heterocycles. The second-order valence-electron chi connectivity index (χ2n) is 7.48. The Balaban J connectivity index is 1.50. The van der Waals surface area contributed by atoms with Crippen molar-refractivity contribution >= 4 is 35.2 Å². The van der Waals surface area contributed by atoms with E-state index in [9.17, 15) is 4.79 Å². The molecule has 3 N–H and O–H groups in total. The van der Waals surface area contributed by atoms with Gasteiger partial charge in [-0.2, -0.15) is 5.10 Å². The van der Waals surface area contributed by atoms with E-state index in [1.807, 2.05) is 24.3 Å². The Kier molecular flexibility index (Phi) is 4.72. The molecule has 0 bridgehead atoms. The largest absolute Gasteiger partial charge is 0.334 e. The van der Waals surface area contributed by atoms with Gasteiger partial charge in [-0.15, -0.1) is 0 Å². The number of hydrogen-bond acceptors (Lipinski definition) is 5. The number of piperazine rings is 1. The molecule has 3 aliphatic rings. The van der Waals surface area contributed by atoms with E-state index >= 15 is 0 Å². The minimum absolute atomic E-state index is 0.123. The number of nitrogens with one attached hydrogen (secondary N) is 3. The number of aromatic nitrogens is 2. The number of amidine groups is 1. The fourth-order valence-corrected chi connectivity index (χ4v) is 3.75. The Hall–Kier alpha value is -2.86. The van der Waals surface area contributed by atoms with E-state index in [2.05, 4.69) is 31.6 Å². The first kappa shape index (κ1) is 18.2. The van der Waals surface area contributed by atoms with E-state index in [1.165, 1.54) is 12.8 Å². The first-order valence-electron chi connectivity index (χ1n) is 9.85. The summed E-state index contributed by atoms with van der Waals surface area (Å²) in [4.78, 5) is 19.5. The molecule has 2 fully saturated rings. The molecular formula is C21H21ClN6O. The molecule has 1 aromatic carbocycles. The van der Waals surface area contributed by atoms with Crippen LogP contribution in [0.2, 0.25) is 5.02 Å². The van der Waals surface area contributed by atoms with Gasteiger partial charge in [-0.3, -0.25) is 9.89 Å². The number of carbonyl (C=O) groups excluding carboxylic acids is 1. The Labute approximate surface area is 173 Å². The van der Waals surface area contributed by atoms with Crippen molar-refractivity contribution in [3.63, 3.8) is 0 Å². The zero-order valence-corrected chi connectivity index (χ0v) is 16.6. The molecule has 7 nitrogen and oxygen atoms in total. The molecule has 5 rings (SSSR count). The fourth-order valence-electron chi connectivity index (χ4n) is 3.57. The number of halogens is 1. The van der Waals surface area contributed by atoms with Crippen molar-refractivity contribution in [1.29, 1.82) is 0 Å². The monoisotopic (exact) mass is 408 g/mol. The topological polar surface area (TPSA) is 85.4 Å². The van der Waals surface area contributed by atoms with Crippen LogP contribution in [0.25, 0.3) is 6.08 Å². The number of amides is 1. The average Bonchev–Trinajstić information content (AvgIpc) is 3.51. The highest BCUT2D eigenvalue weighted by atomic mass is 35.5. The Morgan fingerprint density at radius 2 is 2.07 bits per heavy atom. The molecule has 0 atom stereocenters. The zero-order chi connectivity index (χ0) is 19.8. The van der Waals surface area contributed by atoms with E-state index in [0.717, 1.165) is 29.9 Å². The maximum Gasteiger partial charge on any atom is 0.280 e. The van der Waals surface area contributed by atoms with Crippen LogP contribution >= 0.6 is 11.6 Å². The van der Waals surface area contributed by atoms with E-state index in [0.29, 0.717) is 35.7 Å². The number of nitrogens with zero attached hydrogens (tertiary/aromatic N) is 3. The summed E-state index contributed by atoms with van der Waals surface area (Å²) in [5.41, 5.74) is 6.18. The Bertz CT molecular complexity index is 1050. The molecule has 1 saturated carbocycles. The number of rotatable bonds is 3. The fraction of sp³-hybridized carbons (Fsp3) is 0.333. The SMILES string of the molecule is O=C(C1=C=Cc2cc(Cl)ccc2C(Nc2cc(C3CC3)[nH]n2)=N1)N1CCNCC1. The van der Waals surface area contributed by atoms with Crippen molar-refractivity contribution in [2.24, 2.45) is 4.99 Å². The molecule has 29 heavy (non-hydrogen) atoms. The molecule has 8 heteroatoms. The van der Waals surface area contributed by atoms with Gasteiger partial charge in [0.25, 0.3) is 5.91 Å². The van der Waals surface area contributed by atoms with Crippen LogP contribution in [0.1, 0.15) is 35.6 Å². The number of aromatic amines is 1. The molecule has 0 spiro atoms. The molecule has 0 radical (unpaired) electrons. The van der Waals surface area contributed by atoms with Crippen molar-refractivity contribution in [2.45, 2.75) is 18.8 Å². The smallest absolute Gasteiger partial charge is 0.280 e. The summed E-state index contributed by atoms with van der Waals surface area (Å²) in [6.07, 6.45) is 4.16. The van der Waals surface area contributed by atoms with Crippen molar-refractivity contribution in [2.75, 3.05) is 31.5 Å². The quantitative estimate of drug-likeness (QED) is 0.682. The van der Waals surface area contributed by atoms with Gasteiger partial charge < -0.3 is 15.5 Å². The summed E-state index contributed by atoms with van der Waals surface area (Å²) in [5, 5.41) is 14.6. The predicted molar refractivity (Wildman–Crippen MR) is 113 cm³/mol. The highest BCUT2D eigenvalue weighted by Gasteiger charge is 2.26. The van der Waals surface area contributed by atoms with Gasteiger partial charge in [0.2, 0.25) is 0 Å². The number of fused-ring (bicyclic) bond motifs is 1. The summed E-state index contributed by atoms with van der Waals surface area (Å²) in [6, 6.07) is 7.57. The molecule has 3 heterocycles. The standard InChI is InChI=1S/C21H21ClN6O/c22-15-4-5-16-14(11-15)3-6-17(21(29)28-9-7-23-8-10-28)24-20(16)25-19-12-18(26-27-19)13-1-2-13/h3-5,11-13,23H,1-2,7-10H2,(H2,24,25,26,27). The third-order valence-corrected chi connectivity index (χ3v) is 5.56. The third kappa shape index (κ3) is 3.85. The molecule has 148 valence electrons. The minimum atomic E-state index is -0.123. The van der Waals surface area contributed by atoms with Crippen molar-refractivity contribution in [3.05, 3.63) is 57.5 Å². The highest BCUT2D eigenvalue weighted by Crippen LogP contribution is 2.39. The first-order valence-corrected chi connectivity index (χ1v) is 10.2. The van der Waals surface area contributed by atoms with Gasteiger partial charge in [-0.25, -0.2) is 4.99 Å². The summed E-state index contributed by atoms with van der Waals surface area (Å²) in [7, 11) is 0. The number of anilines is 1. The average molecular weight is 409 g/mol. The van der Waals surface area contributed by atoms with Crippen LogP contribution in [0.4, 0.5) is 5.82 Å². The first-order chi connectivity index (χ1) is 14.2. The number of H-pyrrole nitrogens is 1. The lowest BCUT2D eigenvalue weighted by Gasteiger charge is -2.27. The second-order valence-corrected chi connectivity index (χ2v) is 7.92. The highest BCUT2D eigenvalue weighted by molar-refractivity contribution is 6.31. The summed E-state index contributed by atoms with van der Waals surface area (Å²) >= 11 is 6.19. The van der Waals surface area contributed by atoms with E-state index < -0.39 is 0 Å². The summed E-state index contributed by atoms with van der Waals surface area (Å²) in [6.45, 7) is 2.88. The third-order valence-electron chi connectivity index (χ3n) is 5.32. The van der Waals surface area contributed by atoms with Crippen LogP contribution in [0.5, 0.6) is 0 Å². The molecule has 0 unspecified atom stereocenters. The lowest BCUT2D eigenvalue weighted by molar-refractivity contribution is -0.127. The van der Waals surface area contributed by atoms with E-state index in [4.69, 9.17) is 11.6 Å². The summed E-state index contributed by atoms with van der Waals surface area (Å²) in [5.74, 6) is 1.70. The Morgan fingerprint density at radius 1 is 1.24 bits per heavy atom.